The molecule has 0 aromatic carbocycles. The van der Waals surface area contributed by atoms with E-state index in [1.807, 2.05) is 12.3 Å². The van der Waals surface area contributed by atoms with Crippen molar-refractivity contribution in [1.29, 1.82) is 0 Å². The van der Waals surface area contributed by atoms with Crippen LogP contribution in [0.3, 0.4) is 0 Å². The SMILES string of the molecule is CSc1coc(CO)c1. The lowest BCUT2D eigenvalue weighted by atomic mass is 10.5. The molecule has 0 radical (unpaired) electrons. The summed E-state index contributed by atoms with van der Waals surface area (Å²) in [6.07, 6.45) is 3.60. The van der Waals surface area contributed by atoms with Crippen molar-refractivity contribution in [1.82, 2.24) is 0 Å². The van der Waals surface area contributed by atoms with E-state index in [9.17, 15) is 0 Å². The summed E-state index contributed by atoms with van der Waals surface area (Å²) in [5.74, 6) is 0.624. The van der Waals surface area contributed by atoms with Gasteiger partial charge in [-0.15, -0.1) is 11.8 Å². The fraction of sp³-hybridized carbons (Fsp3) is 0.333. The average Bonchev–Trinajstić information content (AvgIpc) is 2.34. The number of rotatable bonds is 2. The molecule has 0 fully saturated rings. The van der Waals surface area contributed by atoms with Gasteiger partial charge >= 0.3 is 0 Å². The third-order valence-corrected chi connectivity index (χ3v) is 1.71. The van der Waals surface area contributed by atoms with Crippen molar-refractivity contribution < 1.29 is 9.52 Å². The van der Waals surface area contributed by atoms with E-state index < -0.39 is 0 Å². The number of furan rings is 1. The van der Waals surface area contributed by atoms with Gasteiger partial charge in [-0.1, -0.05) is 0 Å². The first-order valence-corrected chi connectivity index (χ1v) is 3.81. The Kier molecular flexibility index (Phi) is 2.19. The fourth-order valence-electron chi connectivity index (χ4n) is 0.550. The first-order chi connectivity index (χ1) is 4.36. The number of thioether (sulfide) groups is 1. The van der Waals surface area contributed by atoms with Gasteiger partial charge in [0.05, 0.1) is 0 Å². The molecule has 0 unspecified atom stereocenters. The van der Waals surface area contributed by atoms with Crippen LogP contribution in [0, 0.1) is 0 Å². The second-order valence-corrected chi connectivity index (χ2v) is 2.49. The first kappa shape index (κ1) is 6.71. The third-order valence-electron chi connectivity index (χ3n) is 1.02. The van der Waals surface area contributed by atoms with E-state index in [-0.39, 0.29) is 6.61 Å². The maximum atomic E-state index is 8.54. The van der Waals surface area contributed by atoms with E-state index in [0.717, 1.165) is 4.90 Å². The molecule has 9 heavy (non-hydrogen) atoms. The lowest BCUT2D eigenvalue weighted by Gasteiger charge is -1.80. The third kappa shape index (κ3) is 1.50. The predicted molar refractivity (Wildman–Crippen MR) is 36.4 cm³/mol. The molecule has 0 aliphatic rings. The van der Waals surface area contributed by atoms with E-state index in [1.165, 1.54) is 0 Å². The van der Waals surface area contributed by atoms with E-state index in [0.29, 0.717) is 5.76 Å². The van der Waals surface area contributed by atoms with Crippen LogP contribution in [0.5, 0.6) is 0 Å². The molecule has 0 aliphatic carbocycles. The smallest absolute Gasteiger partial charge is 0.130 e. The Morgan fingerprint density at radius 2 is 2.56 bits per heavy atom. The lowest BCUT2D eigenvalue weighted by molar-refractivity contribution is 0.247. The number of aliphatic hydroxyl groups is 1. The number of hydrogen-bond acceptors (Lipinski definition) is 3. The molecule has 1 aromatic heterocycles. The maximum absolute atomic E-state index is 8.54. The van der Waals surface area contributed by atoms with Crippen molar-refractivity contribution in [2.24, 2.45) is 0 Å². The van der Waals surface area contributed by atoms with Gasteiger partial charge in [-0.2, -0.15) is 0 Å². The van der Waals surface area contributed by atoms with Crippen LogP contribution in [0.1, 0.15) is 5.76 Å². The van der Waals surface area contributed by atoms with Crippen LogP contribution in [-0.2, 0) is 6.61 Å². The highest BCUT2D eigenvalue weighted by molar-refractivity contribution is 7.98. The summed E-state index contributed by atoms with van der Waals surface area (Å²) in [6, 6.07) is 1.82. The molecule has 0 amide bonds. The van der Waals surface area contributed by atoms with Crippen molar-refractivity contribution in [3.8, 4) is 0 Å². The highest BCUT2D eigenvalue weighted by Gasteiger charge is 1.96. The quantitative estimate of drug-likeness (QED) is 0.638. The van der Waals surface area contributed by atoms with Crippen LogP contribution < -0.4 is 0 Å². The zero-order valence-corrected chi connectivity index (χ0v) is 5.94. The second-order valence-electron chi connectivity index (χ2n) is 1.61. The van der Waals surface area contributed by atoms with Gasteiger partial charge in [-0.25, -0.2) is 0 Å². The molecule has 1 heterocycles. The van der Waals surface area contributed by atoms with Crippen LogP contribution in [0.4, 0.5) is 0 Å². The van der Waals surface area contributed by atoms with Crippen molar-refractivity contribution in [2.75, 3.05) is 6.26 Å². The largest absolute Gasteiger partial charge is 0.466 e. The summed E-state index contributed by atoms with van der Waals surface area (Å²) in [5, 5.41) is 8.54. The van der Waals surface area contributed by atoms with Crippen LogP contribution in [0.15, 0.2) is 21.6 Å². The number of aliphatic hydroxyl groups excluding tert-OH is 1. The number of hydrogen-bond donors (Lipinski definition) is 1. The Bertz CT molecular complexity index is 164. The molecule has 3 heteroatoms. The minimum Gasteiger partial charge on any atom is -0.466 e. The van der Waals surface area contributed by atoms with Gasteiger partial charge in [0.25, 0.3) is 0 Å². The van der Waals surface area contributed by atoms with Crippen LogP contribution in [-0.4, -0.2) is 11.4 Å². The molecule has 0 atom stereocenters. The normalized spacial score (nSPS) is 10.0. The van der Waals surface area contributed by atoms with Crippen molar-refractivity contribution >= 4 is 11.8 Å². The molecule has 1 rings (SSSR count). The predicted octanol–water partition coefficient (Wildman–Crippen LogP) is 1.49. The fourth-order valence-corrected chi connectivity index (χ4v) is 0.944. The Morgan fingerprint density at radius 1 is 1.78 bits per heavy atom. The van der Waals surface area contributed by atoms with Gasteiger partial charge in [0.2, 0.25) is 0 Å². The van der Waals surface area contributed by atoms with E-state index in [4.69, 9.17) is 9.52 Å². The molecular formula is C6H8O2S. The van der Waals surface area contributed by atoms with Gasteiger partial charge in [-0.05, 0) is 12.3 Å². The van der Waals surface area contributed by atoms with Gasteiger partial charge in [-0.3, -0.25) is 0 Å². The minimum absolute atomic E-state index is 0.0133. The van der Waals surface area contributed by atoms with Crippen LogP contribution in [0.25, 0.3) is 0 Å². The summed E-state index contributed by atoms with van der Waals surface area (Å²) in [4.78, 5) is 1.05. The molecule has 0 bridgehead atoms. The Morgan fingerprint density at radius 3 is 2.89 bits per heavy atom. The molecular weight excluding hydrogens is 136 g/mol. The molecule has 0 saturated heterocycles. The van der Waals surface area contributed by atoms with Crippen molar-refractivity contribution in [3.05, 3.63) is 18.1 Å². The topological polar surface area (TPSA) is 33.4 Å². The zero-order chi connectivity index (χ0) is 6.69. The van der Waals surface area contributed by atoms with Gasteiger partial charge < -0.3 is 9.52 Å². The molecule has 0 spiro atoms. The summed E-state index contributed by atoms with van der Waals surface area (Å²) in [7, 11) is 0. The monoisotopic (exact) mass is 144 g/mol. The Labute approximate surface area is 57.9 Å². The standard InChI is InChI=1S/C6H8O2S/c1-9-6-2-5(3-7)8-4-6/h2,4,7H,3H2,1H3. The van der Waals surface area contributed by atoms with Gasteiger partial charge in [0.1, 0.15) is 18.6 Å². The van der Waals surface area contributed by atoms with Gasteiger partial charge in [0.15, 0.2) is 0 Å². The molecule has 1 aromatic rings. The second kappa shape index (κ2) is 2.94. The molecule has 0 aliphatic heterocycles. The summed E-state index contributed by atoms with van der Waals surface area (Å²) < 4.78 is 4.93. The minimum atomic E-state index is -0.0133. The summed E-state index contributed by atoms with van der Waals surface area (Å²) >= 11 is 1.60. The Balaban J connectivity index is 2.74. The molecule has 1 N–H and O–H groups in total. The zero-order valence-electron chi connectivity index (χ0n) is 5.13. The van der Waals surface area contributed by atoms with Crippen LogP contribution >= 0.6 is 11.8 Å². The van der Waals surface area contributed by atoms with Crippen molar-refractivity contribution in [3.63, 3.8) is 0 Å². The highest BCUT2D eigenvalue weighted by Crippen LogP contribution is 2.17. The van der Waals surface area contributed by atoms with E-state index >= 15 is 0 Å². The average molecular weight is 144 g/mol. The lowest BCUT2D eigenvalue weighted by Crippen LogP contribution is -1.73. The van der Waals surface area contributed by atoms with E-state index in [2.05, 4.69) is 0 Å². The first-order valence-electron chi connectivity index (χ1n) is 2.59. The van der Waals surface area contributed by atoms with Crippen molar-refractivity contribution in [2.45, 2.75) is 11.5 Å². The molecule has 0 saturated carbocycles. The van der Waals surface area contributed by atoms with Gasteiger partial charge in [0, 0.05) is 4.90 Å². The summed E-state index contributed by atoms with van der Waals surface area (Å²) in [6.45, 7) is -0.0133. The Hall–Kier alpha value is -0.410. The van der Waals surface area contributed by atoms with E-state index in [1.54, 1.807) is 18.0 Å². The van der Waals surface area contributed by atoms with Crippen LogP contribution in [0.2, 0.25) is 0 Å². The molecule has 50 valence electrons. The summed E-state index contributed by atoms with van der Waals surface area (Å²) in [5.41, 5.74) is 0. The molecule has 2 nitrogen and oxygen atoms in total. The highest BCUT2D eigenvalue weighted by atomic mass is 32.2. The maximum Gasteiger partial charge on any atom is 0.130 e.